The van der Waals surface area contributed by atoms with Crippen molar-refractivity contribution in [2.75, 3.05) is 17.2 Å². The molecule has 1 fully saturated rings. The first-order chi connectivity index (χ1) is 11.7. The number of nitriles is 1. The number of aryl methyl sites for hydroxylation is 1. The maximum absolute atomic E-state index is 12.2. The van der Waals surface area contributed by atoms with Gasteiger partial charge in [0, 0.05) is 17.3 Å². The molecule has 2 amide bonds. The monoisotopic (exact) mass is 342 g/mol. The number of amides is 2. The van der Waals surface area contributed by atoms with E-state index in [1.54, 1.807) is 6.92 Å². The zero-order chi connectivity index (χ0) is 18.6. The SMILES string of the molecule is Cc1ccc(NC(=O)C2CC2)cc1NCC(=O)NC(C)(C#N)C(C)C. The van der Waals surface area contributed by atoms with Gasteiger partial charge in [0.15, 0.2) is 0 Å². The summed E-state index contributed by atoms with van der Waals surface area (Å²) >= 11 is 0. The van der Waals surface area contributed by atoms with Crippen molar-refractivity contribution in [2.45, 2.75) is 46.1 Å². The number of anilines is 2. The fourth-order valence-corrected chi connectivity index (χ4v) is 2.29. The standard InChI is InChI=1S/C19H26N4O2/c1-12(2)19(4,11-20)23-17(24)10-21-16-9-15(8-5-13(16)3)22-18(25)14-6-7-14/h5,8-9,12,14,21H,6-7,10H2,1-4H3,(H,22,25)(H,23,24). The molecule has 0 heterocycles. The van der Waals surface area contributed by atoms with Crippen molar-refractivity contribution in [1.29, 1.82) is 5.26 Å². The van der Waals surface area contributed by atoms with Gasteiger partial charge in [0.1, 0.15) is 5.54 Å². The van der Waals surface area contributed by atoms with Crippen molar-refractivity contribution >= 4 is 23.2 Å². The fourth-order valence-electron chi connectivity index (χ4n) is 2.29. The van der Waals surface area contributed by atoms with Crippen LogP contribution in [0.5, 0.6) is 0 Å². The Hall–Kier alpha value is -2.55. The van der Waals surface area contributed by atoms with Gasteiger partial charge in [-0.2, -0.15) is 5.26 Å². The van der Waals surface area contributed by atoms with E-state index in [4.69, 9.17) is 0 Å². The van der Waals surface area contributed by atoms with E-state index in [0.717, 1.165) is 29.8 Å². The predicted molar refractivity (Wildman–Crippen MR) is 98.0 cm³/mol. The Kier molecular flexibility index (Phi) is 5.68. The average molecular weight is 342 g/mol. The third kappa shape index (κ3) is 4.96. The first kappa shape index (κ1) is 18.8. The zero-order valence-corrected chi connectivity index (χ0v) is 15.3. The summed E-state index contributed by atoms with van der Waals surface area (Å²) in [6.45, 7) is 7.50. The van der Waals surface area contributed by atoms with E-state index < -0.39 is 5.54 Å². The highest BCUT2D eigenvalue weighted by Crippen LogP contribution is 2.30. The second-order valence-electron chi connectivity index (χ2n) is 7.16. The van der Waals surface area contributed by atoms with Gasteiger partial charge in [0.25, 0.3) is 0 Å². The molecule has 0 aliphatic heterocycles. The van der Waals surface area contributed by atoms with Gasteiger partial charge < -0.3 is 16.0 Å². The summed E-state index contributed by atoms with van der Waals surface area (Å²) < 4.78 is 0. The molecule has 1 aromatic carbocycles. The molecule has 1 atom stereocenters. The van der Waals surface area contributed by atoms with E-state index in [9.17, 15) is 14.9 Å². The fraction of sp³-hybridized carbons (Fsp3) is 0.526. The summed E-state index contributed by atoms with van der Waals surface area (Å²) in [6, 6.07) is 7.74. The molecule has 0 bridgehead atoms. The number of hydrogen-bond donors (Lipinski definition) is 3. The molecule has 134 valence electrons. The van der Waals surface area contributed by atoms with E-state index in [1.165, 1.54) is 0 Å². The summed E-state index contributed by atoms with van der Waals surface area (Å²) in [5.41, 5.74) is 1.58. The lowest BCUT2D eigenvalue weighted by Crippen LogP contribution is -2.50. The number of benzene rings is 1. The maximum Gasteiger partial charge on any atom is 0.240 e. The van der Waals surface area contributed by atoms with Crippen LogP contribution in [0.4, 0.5) is 11.4 Å². The van der Waals surface area contributed by atoms with Crippen LogP contribution in [0.2, 0.25) is 0 Å². The van der Waals surface area contributed by atoms with E-state index in [-0.39, 0.29) is 30.2 Å². The molecular formula is C19H26N4O2. The van der Waals surface area contributed by atoms with Gasteiger partial charge >= 0.3 is 0 Å². The summed E-state index contributed by atoms with van der Waals surface area (Å²) in [7, 11) is 0. The van der Waals surface area contributed by atoms with E-state index in [1.807, 2.05) is 39.0 Å². The van der Waals surface area contributed by atoms with Crippen molar-refractivity contribution in [2.24, 2.45) is 11.8 Å². The minimum Gasteiger partial charge on any atom is -0.376 e. The number of nitrogens with zero attached hydrogens (tertiary/aromatic N) is 1. The molecule has 2 rings (SSSR count). The number of nitrogens with one attached hydrogen (secondary N) is 3. The number of carbonyl (C=O) groups is 2. The van der Waals surface area contributed by atoms with Crippen LogP contribution >= 0.6 is 0 Å². The van der Waals surface area contributed by atoms with Crippen LogP contribution in [-0.2, 0) is 9.59 Å². The van der Waals surface area contributed by atoms with Crippen LogP contribution in [0, 0.1) is 30.1 Å². The summed E-state index contributed by atoms with van der Waals surface area (Å²) in [6.07, 6.45) is 1.91. The van der Waals surface area contributed by atoms with E-state index in [2.05, 4.69) is 22.0 Å². The predicted octanol–water partition coefficient (Wildman–Crippen LogP) is 2.81. The number of hydrogen-bond acceptors (Lipinski definition) is 4. The molecule has 0 spiro atoms. The molecule has 1 aromatic rings. The van der Waals surface area contributed by atoms with Gasteiger partial charge in [-0.25, -0.2) is 0 Å². The molecule has 1 aliphatic rings. The molecular weight excluding hydrogens is 316 g/mol. The van der Waals surface area contributed by atoms with Crippen molar-refractivity contribution in [3.8, 4) is 6.07 Å². The maximum atomic E-state index is 12.2. The lowest BCUT2D eigenvalue weighted by Gasteiger charge is -2.27. The Morgan fingerprint density at radius 3 is 2.60 bits per heavy atom. The first-order valence-electron chi connectivity index (χ1n) is 8.63. The van der Waals surface area contributed by atoms with Crippen molar-refractivity contribution in [3.63, 3.8) is 0 Å². The van der Waals surface area contributed by atoms with Gasteiger partial charge in [-0.15, -0.1) is 0 Å². The lowest BCUT2D eigenvalue weighted by molar-refractivity contribution is -0.121. The van der Waals surface area contributed by atoms with Crippen LogP contribution in [0.15, 0.2) is 18.2 Å². The lowest BCUT2D eigenvalue weighted by atomic mass is 9.90. The van der Waals surface area contributed by atoms with E-state index in [0.29, 0.717) is 0 Å². The van der Waals surface area contributed by atoms with Crippen LogP contribution in [0.25, 0.3) is 0 Å². The van der Waals surface area contributed by atoms with E-state index >= 15 is 0 Å². The third-order valence-corrected chi connectivity index (χ3v) is 4.68. The third-order valence-electron chi connectivity index (χ3n) is 4.68. The van der Waals surface area contributed by atoms with Crippen molar-refractivity contribution in [3.05, 3.63) is 23.8 Å². The van der Waals surface area contributed by atoms with Crippen molar-refractivity contribution < 1.29 is 9.59 Å². The van der Waals surface area contributed by atoms with Gasteiger partial charge in [-0.1, -0.05) is 19.9 Å². The molecule has 1 unspecified atom stereocenters. The van der Waals surface area contributed by atoms with Crippen LogP contribution < -0.4 is 16.0 Å². The highest BCUT2D eigenvalue weighted by atomic mass is 16.2. The second kappa shape index (κ2) is 7.56. The number of carbonyl (C=O) groups excluding carboxylic acids is 2. The molecule has 1 saturated carbocycles. The van der Waals surface area contributed by atoms with Crippen LogP contribution in [0.3, 0.4) is 0 Å². The van der Waals surface area contributed by atoms with Gasteiger partial charge in [0.05, 0.1) is 12.6 Å². The Bertz CT molecular complexity index is 704. The largest absolute Gasteiger partial charge is 0.376 e. The Labute approximate surface area is 149 Å². The summed E-state index contributed by atoms with van der Waals surface area (Å²) in [5, 5.41) is 18.0. The molecule has 1 aliphatic carbocycles. The average Bonchev–Trinajstić information content (AvgIpc) is 3.40. The smallest absolute Gasteiger partial charge is 0.240 e. The highest BCUT2D eigenvalue weighted by Gasteiger charge is 2.30. The molecule has 6 heteroatoms. The van der Waals surface area contributed by atoms with Crippen LogP contribution in [0.1, 0.15) is 39.2 Å². The van der Waals surface area contributed by atoms with Gasteiger partial charge in [-0.05, 0) is 50.3 Å². The Morgan fingerprint density at radius 1 is 1.36 bits per heavy atom. The second-order valence-corrected chi connectivity index (χ2v) is 7.16. The minimum atomic E-state index is -0.895. The number of rotatable bonds is 7. The Morgan fingerprint density at radius 2 is 2.04 bits per heavy atom. The zero-order valence-electron chi connectivity index (χ0n) is 15.3. The summed E-state index contributed by atoms with van der Waals surface area (Å²) in [5.74, 6) is -0.0498. The quantitative estimate of drug-likeness (QED) is 0.710. The molecule has 0 radical (unpaired) electrons. The first-order valence-corrected chi connectivity index (χ1v) is 8.63. The minimum absolute atomic E-state index is 0.00384. The molecule has 0 aromatic heterocycles. The molecule has 25 heavy (non-hydrogen) atoms. The normalized spacial score (nSPS) is 15.8. The Balaban J connectivity index is 1.96. The van der Waals surface area contributed by atoms with Crippen molar-refractivity contribution in [1.82, 2.24) is 5.32 Å². The topological polar surface area (TPSA) is 94.0 Å². The summed E-state index contributed by atoms with van der Waals surface area (Å²) in [4.78, 5) is 24.0. The highest BCUT2D eigenvalue weighted by molar-refractivity contribution is 5.94. The van der Waals surface area contributed by atoms with Gasteiger partial charge in [-0.3, -0.25) is 9.59 Å². The molecule has 3 N–H and O–H groups in total. The molecule has 6 nitrogen and oxygen atoms in total. The van der Waals surface area contributed by atoms with Gasteiger partial charge in [0.2, 0.25) is 11.8 Å². The molecule has 0 saturated heterocycles. The van der Waals surface area contributed by atoms with Crippen LogP contribution in [-0.4, -0.2) is 23.9 Å².